The summed E-state index contributed by atoms with van der Waals surface area (Å²) in [5.74, 6) is 0.831. The Bertz CT molecular complexity index is 583. The van der Waals surface area contributed by atoms with E-state index in [1.54, 1.807) is 0 Å². The molecule has 2 rings (SSSR count). The Labute approximate surface area is 119 Å². The second-order valence-corrected chi connectivity index (χ2v) is 4.41. The van der Waals surface area contributed by atoms with Crippen molar-refractivity contribution in [1.29, 1.82) is 0 Å². The van der Waals surface area contributed by atoms with Crippen LogP contribution in [0.2, 0.25) is 0 Å². The predicted octanol–water partition coefficient (Wildman–Crippen LogP) is 5.37. The molecule has 3 heteroatoms. The van der Waals surface area contributed by atoms with Crippen molar-refractivity contribution in [3.63, 3.8) is 0 Å². The van der Waals surface area contributed by atoms with Crippen LogP contribution in [0.15, 0.2) is 70.9 Å². The maximum Gasteiger partial charge on any atom is 0.119 e. The third-order valence-electron chi connectivity index (χ3n) is 2.73. The summed E-state index contributed by atoms with van der Waals surface area (Å²) in [7, 11) is 0. The van der Waals surface area contributed by atoms with E-state index in [0.717, 1.165) is 17.1 Å². The fraction of sp³-hybridized carbons (Fsp3) is 0.176. The van der Waals surface area contributed by atoms with E-state index >= 15 is 0 Å². The first-order valence-corrected chi connectivity index (χ1v) is 6.60. The number of azo groups is 1. The lowest BCUT2D eigenvalue weighted by Crippen LogP contribution is -1.91. The van der Waals surface area contributed by atoms with Gasteiger partial charge in [-0.15, -0.1) is 0 Å². The third-order valence-corrected chi connectivity index (χ3v) is 2.73. The molecule has 0 bridgehead atoms. The van der Waals surface area contributed by atoms with Gasteiger partial charge < -0.3 is 4.74 Å². The molecule has 0 spiro atoms. The van der Waals surface area contributed by atoms with Crippen LogP contribution in [0.4, 0.5) is 11.4 Å². The van der Waals surface area contributed by atoms with E-state index in [-0.39, 0.29) is 0 Å². The molecule has 0 aliphatic carbocycles. The Kier molecular flexibility index (Phi) is 5.07. The molecule has 0 aromatic heterocycles. The van der Waals surface area contributed by atoms with Crippen molar-refractivity contribution in [2.45, 2.75) is 13.8 Å². The molecule has 0 aliphatic heterocycles. The monoisotopic (exact) mass is 266 g/mol. The quantitative estimate of drug-likeness (QED) is 0.529. The van der Waals surface area contributed by atoms with Crippen molar-refractivity contribution in [3.05, 3.63) is 66.2 Å². The first kappa shape index (κ1) is 14.0. The van der Waals surface area contributed by atoms with Gasteiger partial charge in [-0.2, -0.15) is 10.2 Å². The molecule has 0 saturated heterocycles. The molecule has 102 valence electrons. The lowest BCUT2D eigenvalue weighted by atomic mass is 10.2. The molecule has 3 nitrogen and oxygen atoms in total. The number of hydrogen-bond donors (Lipinski definition) is 0. The van der Waals surface area contributed by atoms with Gasteiger partial charge in [-0.25, -0.2) is 0 Å². The van der Waals surface area contributed by atoms with Crippen LogP contribution in [-0.4, -0.2) is 6.61 Å². The van der Waals surface area contributed by atoms with Crippen LogP contribution < -0.4 is 4.74 Å². The average molecular weight is 266 g/mol. The molecular weight excluding hydrogens is 248 g/mol. The van der Waals surface area contributed by atoms with Gasteiger partial charge in [0.25, 0.3) is 0 Å². The number of allylic oxidation sites excluding steroid dienone is 1. The van der Waals surface area contributed by atoms with Crippen molar-refractivity contribution in [2.75, 3.05) is 6.61 Å². The largest absolute Gasteiger partial charge is 0.490 e. The Morgan fingerprint density at radius 1 is 0.900 bits per heavy atom. The molecule has 0 amide bonds. The van der Waals surface area contributed by atoms with Gasteiger partial charge in [0.2, 0.25) is 0 Å². The summed E-state index contributed by atoms with van der Waals surface area (Å²) in [6.45, 7) is 4.60. The molecular formula is C17H18N2O. The van der Waals surface area contributed by atoms with Crippen LogP contribution in [-0.2, 0) is 0 Å². The summed E-state index contributed by atoms with van der Waals surface area (Å²) in [4.78, 5) is 0. The van der Waals surface area contributed by atoms with Crippen molar-refractivity contribution in [1.82, 2.24) is 0 Å². The van der Waals surface area contributed by atoms with Crippen LogP contribution in [0.25, 0.3) is 0 Å². The SMILES string of the molecule is CC=CCOc1ccc(N=Nc2ccc(C)cc2)cc1. The van der Waals surface area contributed by atoms with Gasteiger partial charge in [-0.3, -0.25) is 0 Å². The van der Waals surface area contributed by atoms with E-state index in [9.17, 15) is 0 Å². The lowest BCUT2D eigenvalue weighted by Gasteiger charge is -2.02. The summed E-state index contributed by atoms with van der Waals surface area (Å²) >= 11 is 0. The van der Waals surface area contributed by atoms with E-state index in [1.807, 2.05) is 74.5 Å². The summed E-state index contributed by atoms with van der Waals surface area (Å²) in [6.07, 6.45) is 3.93. The second-order valence-electron chi connectivity index (χ2n) is 4.41. The number of nitrogens with zero attached hydrogens (tertiary/aromatic N) is 2. The van der Waals surface area contributed by atoms with Gasteiger partial charge in [0.05, 0.1) is 11.4 Å². The highest BCUT2D eigenvalue weighted by molar-refractivity contribution is 5.43. The van der Waals surface area contributed by atoms with Gasteiger partial charge in [0, 0.05) is 0 Å². The molecule has 0 radical (unpaired) electrons. The molecule has 0 N–H and O–H groups in total. The smallest absolute Gasteiger partial charge is 0.119 e. The van der Waals surface area contributed by atoms with E-state index < -0.39 is 0 Å². The third kappa shape index (κ3) is 4.35. The number of rotatable bonds is 5. The summed E-state index contributed by atoms with van der Waals surface area (Å²) in [5, 5.41) is 8.39. The van der Waals surface area contributed by atoms with Crippen LogP contribution in [0, 0.1) is 6.92 Å². The lowest BCUT2D eigenvalue weighted by molar-refractivity contribution is 0.363. The number of aryl methyl sites for hydroxylation is 1. The van der Waals surface area contributed by atoms with Crippen molar-refractivity contribution >= 4 is 11.4 Å². The highest BCUT2D eigenvalue weighted by Gasteiger charge is 1.94. The summed E-state index contributed by atoms with van der Waals surface area (Å²) in [5.41, 5.74) is 2.87. The fourth-order valence-corrected chi connectivity index (χ4v) is 1.58. The zero-order valence-corrected chi connectivity index (χ0v) is 11.8. The van der Waals surface area contributed by atoms with Crippen LogP contribution in [0.3, 0.4) is 0 Å². The maximum absolute atomic E-state index is 5.52. The molecule has 20 heavy (non-hydrogen) atoms. The van der Waals surface area contributed by atoms with E-state index in [2.05, 4.69) is 10.2 Å². The Morgan fingerprint density at radius 3 is 2.00 bits per heavy atom. The Morgan fingerprint density at radius 2 is 1.45 bits per heavy atom. The van der Waals surface area contributed by atoms with Gasteiger partial charge in [0.1, 0.15) is 12.4 Å². The fourth-order valence-electron chi connectivity index (χ4n) is 1.58. The molecule has 0 aliphatic rings. The predicted molar refractivity (Wildman–Crippen MR) is 82.1 cm³/mol. The Hall–Kier alpha value is -2.42. The minimum Gasteiger partial charge on any atom is -0.490 e. The van der Waals surface area contributed by atoms with Gasteiger partial charge in [0.15, 0.2) is 0 Å². The van der Waals surface area contributed by atoms with Crippen LogP contribution in [0.1, 0.15) is 12.5 Å². The number of hydrogen-bond acceptors (Lipinski definition) is 3. The molecule has 0 atom stereocenters. The number of benzene rings is 2. The minimum atomic E-state index is 0.584. The zero-order chi connectivity index (χ0) is 14.2. The standard InChI is InChI=1S/C17H18N2O/c1-3-4-13-20-17-11-9-16(10-12-17)19-18-15-7-5-14(2)6-8-15/h3-12H,13H2,1-2H3. The Balaban J connectivity index is 1.97. The maximum atomic E-state index is 5.52. The van der Waals surface area contributed by atoms with Crippen molar-refractivity contribution in [2.24, 2.45) is 10.2 Å². The van der Waals surface area contributed by atoms with E-state index in [0.29, 0.717) is 6.61 Å². The first-order chi connectivity index (χ1) is 9.78. The number of ether oxygens (including phenoxy) is 1. The minimum absolute atomic E-state index is 0.584. The first-order valence-electron chi connectivity index (χ1n) is 6.60. The van der Waals surface area contributed by atoms with Crippen LogP contribution >= 0.6 is 0 Å². The highest BCUT2D eigenvalue weighted by atomic mass is 16.5. The zero-order valence-electron chi connectivity index (χ0n) is 11.8. The molecule has 0 saturated carbocycles. The highest BCUT2D eigenvalue weighted by Crippen LogP contribution is 2.21. The average Bonchev–Trinajstić information content (AvgIpc) is 2.48. The topological polar surface area (TPSA) is 34.0 Å². The molecule has 0 heterocycles. The molecule has 0 fully saturated rings. The van der Waals surface area contributed by atoms with E-state index in [4.69, 9.17) is 4.74 Å². The second kappa shape index (κ2) is 7.24. The van der Waals surface area contributed by atoms with Crippen molar-refractivity contribution < 1.29 is 4.74 Å². The molecule has 2 aromatic rings. The van der Waals surface area contributed by atoms with Crippen molar-refractivity contribution in [3.8, 4) is 5.75 Å². The van der Waals surface area contributed by atoms with Crippen LogP contribution in [0.5, 0.6) is 5.75 Å². The van der Waals surface area contributed by atoms with Gasteiger partial charge in [-0.05, 0) is 50.2 Å². The summed E-state index contributed by atoms with van der Waals surface area (Å²) in [6, 6.07) is 15.5. The molecule has 0 unspecified atom stereocenters. The van der Waals surface area contributed by atoms with Gasteiger partial charge >= 0.3 is 0 Å². The molecule has 2 aromatic carbocycles. The normalized spacial score (nSPS) is 11.3. The van der Waals surface area contributed by atoms with E-state index in [1.165, 1.54) is 5.56 Å². The summed E-state index contributed by atoms with van der Waals surface area (Å²) < 4.78 is 5.52. The van der Waals surface area contributed by atoms with Gasteiger partial charge in [-0.1, -0.05) is 29.8 Å².